The van der Waals surface area contributed by atoms with Gasteiger partial charge in [-0.15, -0.1) is 0 Å². The fraction of sp³-hybridized carbons (Fsp3) is 0. The summed E-state index contributed by atoms with van der Waals surface area (Å²) in [6.45, 7) is 0. The minimum Gasteiger partial charge on any atom is -0.455 e. The van der Waals surface area contributed by atoms with E-state index in [0.29, 0.717) is 0 Å². The van der Waals surface area contributed by atoms with E-state index in [4.69, 9.17) is 4.42 Å². The van der Waals surface area contributed by atoms with E-state index < -0.39 is 0 Å². The fourth-order valence-corrected chi connectivity index (χ4v) is 11.1. The van der Waals surface area contributed by atoms with Gasteiger partial charge in [-0.05, 0) is 105 Å². The van der Waals surface area contributed by atoms with Gasteiger partial charge in [0.2, 0.25) is 0 Å². The second kappa shape index (κ2) is 15.7. The van der Waals surface area contributed by atoms with Crippen molar-refractivity contribution in [2.75, 3.05) is 0 Å². The number of benzene rings is 11. The molecule has 0 N–H and O–H groups in total. The van der Waals surface area contributed by atoms with Gasteiger partial charge in [0.1, 0.15) is 11.2 Å². The van der Waals surface area contributed by atoms with Crippen LogP contribution in [0, 0.1) is 0 Å². The lowest BCUT2D eigenvalue weighted by molar-refractivity contribution is 0.670. The van der Waals surface area contributed by atoms with E-state index in [-0.39, 0.29) is 0 Å². The van der Waals surface area contributed by atoms with Crippen molar-refractivity contribution in [3.63, 3.8) is 0 Å². The molecule has 0 fully saturated rings. The van der Waals surface area contributed by atoms with E-state index in [9.17, 15) is 0 Å². The number of hydrogen-bond donors (Lipinski definition) is 0. The summed E-state index contributed by atoms with van der Waals surface area (Å²) in [6.07, 6.45) is 0. The molecular weight excluding hydrogens is 837 g/mol. The molecule has 0 aliphatic carbocycles. The maximum Gasteiger partial charge on any atom is 0.143 e. The third-order valence-corrected chi connectivity index (χ3v) is 14.1. The van der Waals surface area contributed by atoms with E-state index in [1.807, 2.05) is 0 Å². The molecule has 0 bridgehead atoms. The number of hydrogen-bond acceptors (Lipinski definition) is 1. The highest BCUT2D eigenvalue weighted by atomic mass is 16.3. The summed E-state index contributed by atoms with van der Waals surface area (Å²) in [6, 6.07) is 92.5. The van der Waals surface area contributed by atoms with Crippen LogP contribution in [-0.2, 0) is 0 Å². The first-order valence-electron chi connectivity index (χ1n) is 23.7. The number of furan rings is 1. The Morgan fingerprint density at radius 1 is 0.261 bits per heavy atom. The van der Waals surface area contributed by atoms with Crippen LogP contribution in [0.2, 0.25) is 0 Å². The van der Waals surface area contributed by atoms with Crippen LogP contribution in [0.15, 0.2) is 259 Å². The Labute approximate surface area is 399 Å². The molecule has 3 heterocycles. The molecule has 0 saturated heterocycles. The first-order valence-corrected chi connectivity index (χ1v) is 23.7. The summed E-state index contributed by atoms with van der Waals surface area (Å²) in [5, 5.41) is 7.00. The van der Waals surface area contributed by atoms with E-state index in [1.54, 1.807) is 0 Å². The second-order valence-corrected chi connectivity index (χ2v) is 18.0. The zero-order chi connectivity index (χ0) is 45.4. The van der Waals surface area contributed by atoms with Crippen molar-refractivity contribution in [3.8, 4) is 67.0 Å². The molecule has 0 atom stereocenters. The average molecular weight is 879 g/mol. The summed E-state index contributed by atoms with van der Waals surface area (Å²) in [5.41, 5.74) is 20.0. The van der Waals surface area contributed by atoms with E-state index in [0.717, 1.165) is 88.7 Å². The molecule has 3 heteroatoms. The monoisotopic (exact) mass is 878 g/mol. The molecule has 14 rings (SSSR count). The van der Waals surface area contributed by atoms with E-state index in [2.05, 4.69) is 264 Å². The average Bonchev–Trinajstić information content (AvgIpc) is 4.09. The minimum atomic E-state index is 0.878. The van der Waals surface area contributed by atoms with Crippen molar-refractivity contribution >= 4 is 65.6 Å². The van der Waals surface area contributed by atoms with Crippen LogP contribution in [0.1, 0.15) is 0 Å². The molecule has 0 unspecified atom stereocenters. The van der Waals surface area contributed by atoms with Crippen molar-refractivity contribution in [2.45, 2.75) is 0 Å². The van der Waals surface area contributed by atoms with Gasteiger partial charge in [-0.3, -0.25) is 0 Å². The Morgan fingerprint density at radius 2 is 0.754 bits per heavy atom. The van der Waals surface area contributed by atoms with Gasteiger partial charge in [0.05, 0.1) is 33.4 Å². The number of para-hydroxylation sites is 5. The van der Waals surface area contributed by atoms with Crippen LogP contribution >= 0.6 is 0 Å². The van der Waals surface area contributed by atoms with Crippen molar-refractivity contribution in [1.29, 1.82) is 0 Å². The summed E-state index contributed by atoms with van der Waals surface area (Å²) < 4.78 is 12.0. The van der Waals surface area contributed by atoms with Crippen LogP contribution < -0.4 is 0 Å². The number of rotatable bonds is 7. The largest absolute Gasteiger partial charge is 0.455 e. The predicted molar refractivity (Wildman–Crippen MR) is 290 cm³/mol. The Hall–Kier alpha value is -9.18. The lowest BCUT2D eigenvalue weighted by Crippen LogP contribution is -2.04. The quantitative estimate of drug-likeness (QED) is 0.156. The summed E-state index contributed by atoms with van der Waals surface area (Å²) >= 11 is 0. The first kappa shape index (κ1) is 39.0. The van der Waals surface area contributed by atoms with E-state index in [1.165, 1.54) is 43.9 Å². The third-order valence-electron chi connectivity index (χ3n) is 14.1. The Balaban J connectivity index is 1.14. The highest BCUT2D eigenvalue weighted by Crippen LogP contribution is 2.48. The Bertz CT molecular complexity index is 4240. The fourth-order valence-electron chi connectivity index (χ4n) is 11.1. The summed E-state index contributed by atoms with van der Waals surface area (Å²) in [4.78, 5) is 0. The van der Waals surface area contributed by atoms with Gasteiger partial charge >= 0.3 is 0 Å². The second-order valence-electron chi connectivity index (χ2n) is 18.0. The van der Waals surface area contributed by atoms with Gasteiger partial charge in [0.25, 0.3) is 0 Å². The smallest absolute Gasteiger partial charge is 0.143 e. The third kappa shape index (κ3) is 6.14. The normalized spacial score (nSPS) is 11.8. The zero-order valence-electron chi connectivity index (χ0n) is 37.6. The maximum absolute atomic E-state index is 6.97. The number of fused-ring (bicyclic) bond motifs is 9. The van der Waals surface area contributed by atoms with E-state index >= 15 is 0 Å². The summed E-state index contributed by atoms with van der Waals surface area (Å²) in [7, 11) is 0. The van der Waals surface area contributed by atoms with Gasteiger partial charge in [0, 0.05) is 43.4 Å². The van der Waals surface area contributed by atoms with Crippen LogP contribution in [0.3, 0.4) is 0 Å². The summed E-state index contributed by atoms with van der Waals surface area (Å²) in [5.74, 6) is 0. The highest BCUT2D eigenvalue weighted by molar-refractivity contribution is 6.19. The van der Waals surface area contributed by atoms with Crippen molar-refractivity contribution in [3.05, 3.63) is 255 Å². The lowest BCUT2D eigenvalue weighted by Gasteiger charge is -2.19. The Kier molecular flexibility index (Phi) is 8.90. The van der Waals surface area contributed by atoms with Crippen LogP contribution in [0.5, 0.6) is 0 Å². The molecule has 0 saturated carbocycles. The topological polar surface area (TPSA) is 23.0 Å². The molecule has 3 nitrogen and oxygen atoms in total. The molecule has 0 amide bonds. The zero-order valence-corrected chi connectivity index (χ0v) is 37.6. The van der Waals surface area contributed by atoms with Crippen LogP contribution in [-0.4, -0.2) is 9.13 Å². The maximum atomic E-state index is 6.97. The number of aromatic nitrogens is 2. The van der Waals surface area contributed by atoms with Crippen LogP contribution in [0.25, 0.3) is 133 Å². The molecule has 11 aromatic carbocycles. The van der Waals surface area contributed by atoms with Crippen LogP contribution in [0.4, 0.5) is 0 Å². The van der Waals surface area contributed by atoms with Gasteiger partial charge in [-0.1, -0.05) is 194 Å². The molecule has 0 radical (unpaired) electrons. The molecule has 0 spiro atoms. The molecule has 14 aromatic rings. The molecule has 0 aliphatic heterocycles. The predicted octanol–water partition coefficient (Wildman–Crippen LogP) is 18.1. The van der Waals surface area contributed by atoms with Gasteiger partial charge in [-0.2, -0.15) is 0 Å². The van der Waals surface area contributed by atoms with Crippen molar-refractivity contribution < 1.29 is 4.42 Å². The van der Waals surface area contributed by atoms with Gasteiger partial charge < -0.3 is 13.6 Å². The first-order chi connectivity index (χ1) is 34.3. The highest BCUT2D eigenvalue weighted by Gasteiger charge is 2.25. The molecular formula is C66H42N2O. The van der Waals surface area contributed by atoms with Gasteiger partial charge in [-0.25, -0.2) is 0 Å². The Morgan fingerprint density at radius 3 is 1.42 bits per heavy atom. The van der Waals surface area contributed by atoms with Gasteiger partial charge in [0.15, 0.2) is 0 Å². The molecule has 322 valence electrons. The standard InChI is InChI=1S/C66H42N2O/c1-4-20-43(21-5-1)48-26-10-11-27-49(48)46-36-39-60-56(40-46)57-42-47(64-50(44-22-6-2-7-23-44)37-38-54-53-30-14-19-35-63(53)69-66(54)64)41-55(45-24-8-3-9-25-45)65(57)68(60)62-34-18-17-33-61(62)67-58-31-15-12-28-51(58)52-29-13-16-32-59(52)67/h1-42H. The van der Waals surface area contributed by atoms with Crippen molar-refractivity contribution in [1.82, 2.24) is 9.13 Å². The molecule has 3 aromatic heterocycles. The molecule has 0 aliphatic rings. The number of nitrogens with zero attached hydrogens (tertiary/aromatic N) is 2. The SMILES string of the molecule is c1ccc(-c2ccccc2-c2ccc3c(c2)c2cc(-c4c(-c5ccccc5)ccc5c4oc4ccccc45)cc(-c4ccccc4)c2n3-c2ccccc2-n2c3ccccc3c3ccccc32)cc1. The van der Waals surface area contributed by atoms with Crippen molar-refractivity contribution in [2.24, 2.45) is 0 Å². The minimum absolute atomic E-state index is 0.878. The lowest BCUT2D eigenvalue weighted by atomic mass is 9.89. The molecule has 69 heavy (non-hydrogen) atoms.